The lowest BCUT2D eigenvalue weighted by Crippen LogP contribution is -1.99. The highest BCUT2D eigenvalue weighted by Gasteiger charge is 2.04. The van der Waals surface area contributed by atoms with Crippen LogP contribution in [0.25, 0.3) is 12.2 Å². The summed E-state index contributed by atoms with van der Waals surface area (Å²) in [6.45, 7) is 2.13. The SMILES string of the molecule is CC1C=CN=C(c2cc(/C=C/c3ccc(Oc4ccccc4)cc3)ccn2)C=C1. The van der Waals surface area contributed by atoms with E-state index < -0.39 is 0 Å². The van der Waals surface area contributed by atoms with Crippen LogP contribution >= 0.6 is 0 Å². The van der Waals surface area contributed by atoms with Gasteiger partial charge >= 0.3 is 0 Å². The average molecular weight is 378 g/mol. The first-order valence-corrected chi connectivity index (χ1v) is 9.66. The van der Waals surface area contributed by atoms with E-state index in [2.05, 4.69) is 47.3 Å². The van der Waals surface area contributed by atoms with Crippen LogP contribution in [0.5, 0.6) is 11.5 Å². The van der Waals surface area contributed by atoms with Gasteiger partial charge in [-0.3, -0.25) is 9.98 Å². The number of rotatable bonds is 5. The minimum atomic E-state index is 0.383. The fourth-order valence-corrected chi connectivity index (χ4v) is 2.92. The van der Waals surface area contributed by atoms with Crippen LogP contribution in [0, 0.1) is 5.92 Å². The maximum atomic E-state index is 5.84. The Bertz CT molecular complexity index is 1080. The molecule has 1 unspecified atom stereocenters. The van der Waals surface area contributed by atoms with Crippen molar-refractivity contribution < 1.29 is 4.74 Å². The van der Waals surface area contributed by atoms with Gasteiger partial charge in [-0.15, -0.1) is 0 Å². The monoisotopic (exact) mass is 378 g/mol. The van der Waals surface area contributed by atoms with Crippen molar-refractivity contribution in [3.63, 3.8) is 0 Å². The van der Waals surface area contributed by atoms with Crippen LogP contribution in [-0.4, -0.2) is 10.7 Å². The van der Waals surface area contributed by atoms with E-state index >= 15 is 0 Å². The summed E-state index contributed by atoms with van der Waals surface area (Å²) in [5.74, 6) is 2.04. The molecule has 29 heavy (non-hydrogen) atoms. The number of aromatic nitrogens is 1. The van der Waals surface area contributed by atoms with Gasteiger partial charge in [-0.1, -0.05) is 61.6 Å². The Morgan fingerprint density at radius 3 is 2.41 bits per heavy atom. The zero-order chi connectivity index (χ0) is 19.9. The molecule has 0 amide bonds. The summed E-state index contributed by atoms with van der Waals surface area (Å²) in [5, 5.41) is 0. The number of aliphatic imine (C=N–C) groups is 1. The lowest BCUT2D eigenvalue weighted by atomic mass is 10.1. The first kappa shape index (κ1) is 18.6. The molecule has 0 radical (unpaired) electrons. The van der Waals surface area contributed by atoms with Gasteiger partial charge in [0.15, 0.2) is 0 Å². The topological polar surface area (TPSA) is 34.5 Å². The third-order valence-corrected chi connectivity index (χ3v) is 4.53. The van der Waals surface area contributed by atoms with Crippen molar-refractivity contribution in [2.75, 3.05) is 0 Å². The quantitative estimate of drug-likeness (QED) is 0.504. The highest BCUT2D eigenvalue weighted by molar-refractivity contribution is 6.08. The van der Waals surface area contributed by atoms with E-state index in [0.717, 1.165) is 34.0 Å². The Kier molecular flexibility index (Phi) is 5.77. The maximum Gasteiger partial charge on any atom is 0.127 e. The smallest absolute Gasteiger partial charge is 0.127 e. The molecule has 2 heterocycles. The van der Waals surface area contributed by atoms with Crippen LogP contribution in [0.2, 0.25) is 0 Å². The summed E-state index contributed by atoms with van der Waals surface area (Å²) in [6.07, 6.45) is 14.1. The van der Waals surface area contributed by atoms with Crippen molar-refractivity contribution in [2.45, 2.75) is 6.92 Å². The first-order chi connectivity index (χ1) is 14.3. The van der Waals surface area contributed by atoms with E-state index in [1.54, 1.807) is 0 Å². The summed E-state index contributed by atoms with van der Waals surface area (Å²) in [7, 11) is 0. The van der Waals surface area contributed by atoms with E-state index in [1.807, 2.05) is 79.1 Å². The molecule has 1 aliphatic heterocycles. The first-order valence-electron chi connectivity index (χ1n) is 9.66. The molecule has 3 aromatic rings. The number of hydrogen-bond acceptors (Lipinski definition) is 3. The minimum Gasteiger partial charge on any atom is -0.457 e. The Balaban J connectivity index is 1.46. The molecule has 2 aromatic carbocycles. The molecule has 0 N–H and O–H groups in total. The standard InChI is InChI=1S/C26H22N2O/c1-20-7-14-25(27-17-15-20)26-19-22(16-18-28-26)9-8-21-10-12-24(13-11-21)29-23-5-3-2-4-6-23/h2-20H,1H3/b9-8+. The molecule has 0 bridgehead atoms. The van der Waals surface area contributed by atoms with Crippen molar-refractivity contribution in [2.24, 2.45) is 10.9 Å². The van der Waals surface area contributed by atoms with Gasteiger partial charge in [0.25, 0.3) is 0 Å². The summed E-state index contributed by atoms with van der Waals surface area (Å²) < 4.78 is 5.84. The Morgan fingerprint density at radius 2 is 1.59 bits per heavy atom. The number of ether oxygens (including phenoxy) is 1. The number of para-hydroxylation sites is 1. The van der Waals surface area contributed by atoms with Crippen molar-refractivity contribution in [1.82, 2.24) is 4.98 Å². The molecule has 0 aliphatic carbocycles. The Hall–Kier alpha value is -3.72. The van der Waals surface area contributed by atoms with E-state index in [0.29, 0.717) is 5.92 Å². The molecule has 1 aromatic heterocycles. The van der Waals surface area contributed by atoms with E-state index in [4.69, 9.17) is 4.74 Å². The van der Waals surface area contributed by atoms with Crippen molar-refractivity contribution in [3.05, 3.63) is 114 Å². The lowest BCUT2D eigenvalue weighted by molar-refractivity contribution is 0.482. The highest BCUT2D eigenvalue weighted by Crippen LogP contribution is 2.22. The molecule has 3 heteroatoms. The normalized spacial score (nSPS) is 15.9. The zero-order valence-corrected chi connectivity index (χ0v) is 16.3. The molecule has 0 spiro atoms. The van der Waals surface area contributed by atoms with Crippen LogP contribution in [0.4, 0.5) is 0 Å². The summed E-state index contributed by atoms with van der Waals surface area (Å²) in [5.41, 5.74) is 3.93. The maximum absolute atomic E-state index is 5.84. The van der Waals surface area contributed by atoms with Crippen LogP contribution in [-0.2, 0) is 0 Å². The van der Waals surface area contributed by atoms with E-state index in [-0.39, 0.29) is 0 Å². The molecule has 0 fully saturated rings. The fraction of sp³-hybridized carbons (Fsp3) is 0.0769. The van der Waals surface area contributed by atoms with Gasteiger partial charge < -0.3 is 4.74 Å². The predicted octanol–water partition coefficient (Wildman–Crippen LogP) is 6.55. The predicted molar refractivity (Wildman–Crippen MR) is 120 cm³/mol. The van der Waals surface area contributed by atoms with Gasteiger partial charge in [0.05, 0.1) is 11.4 Å². The molecular formula is C26H22N2O. The summed E-state index contributed by atoms with van der Waals surface area (Å²) >= 11 is 0. The highest BCUT2D eigenvalue weighted by atomic mass is 16.5. The second-order valence-electron chi connectivity index (χ2n) is 6.87. The van der Waals surface area contributed by atoms with Crippen molar-refractivity contribution in [1.29, 1.82) is 0 Å². The Labute approximate surface area is 171 Å². The molecule has 0 saturated heterocycles. The number of benzene rings is 2. The molecule has 1 aliphatic rings. The number of pyridine rings is 1. The van der Waals surface area contributed by atoms with E-state index in [9.17, 15) is 0 Å². The lowest BCUT2D eigenvalue weighted by Gasteiger charge is -2.05. The molecular weight excluding hydrogens is 356 g/mol. The molecule has 4 rings (SSSR count). The molecule has 1 atom stereocenters. The molecule has 142 valence electrons. The third kappa shape index (κ3) is 5.17. The van der Waals surface area contributed by atoms with Crippen LogP contribution in [0.15, 0.2) is 102 Å². The van der Waals surface area contributed by atoms with Gasteiger partial charge in [-0.2, -0.15) is 0 Å². The van der Waals surface area contributed by atoms with E-state index in [1.165, 1.54) is 0 Å². The van der Waals surface area contributed by atoms with Crippen LogP contribution < -0.4 is 4.74 Å². The summed E-state index contributed by atoms with van der Waals surface area (Å²) in [6, 6.07) is 21.9. The third-order valence-electron chi connectivity index (χ3n) is 4.53. The zero-order valence-electron chi connectivity index (χ0n) is 16.3. The van der Waals surface area contributed by atoms with Gasteiger partial charge in [-0.05, 0) is 59.5 Å². The molecule has 0 saturated carbocycles. The van der Waals surface area contributed by atoms with Crippen LogP contribution in [0.1, 0.15) is 23.7 Å². The summed E-state index contributed by atoms with van der Waals surface area (Å²) in [4.78, 5) is 8.97. The Morgan fingerprint density at radius 1 is 0.828 bits per heavy atom. The fourth-order valence-electron chi connectivity index (χ4n) is 2.92. The number of nitrogens with zero attached hydrogens (tertiary/aromatic N) is 2. The van der Waals surface area contributed by atoms with Crippen molar-refractivity contribution >= 4 is 17.9 Å². The van der Waals surface area contributed by atoms with Gasteiger partial charge in [0.1, 0.15) is 11.5 Å². The van der Waals surface area contributed by atoms with Gasteiger partial charge in [0.2, 0.25) is 0 Å². The largest absolute Gasteiger partial charge is 0.457 e. The van der Waals surface area contributed by atoms with Gasteiger partial charge in [0, 0.05) is 12.4 Å². The second-order valence-corrected chi connectivity index (χ2v) is 6.87. The number of allylic oxidation sites excluding steroid dienone is 3. The average Bonchev–Trinajstić information content (AvgIpc) is 2.99. The number of hydrogen-bond donors (Lipinski definition) is 0. The molecule has 3 nitrogen and oxygen atoms in total. The van der Waals surface area contributed by atoms with Crippen molar-refractivity contribution in [3.8, 4) is 11.5 Å². The minimum absolute atomic E-state index is 0.383. The second kappa shape index (κ2) is 8.98. The van der Waals surface area contributed by atoms with Gasteiger partial charge in [-0.25, -0.2) is 0 Å². The van der Waals surface area contributed by atoms with Crippen LogP contribution in [0.3, 0.4) is 0 Å².